The first-order valence-electron chi connectivity index (χ1n) is 7.82. The van der Waals surface area contributed by atoms with Crippen molar-refractivity contribution >= 4 is 0 Å². The topological polar surface area (TPSA) is 55.9 Å². The molecule has 5 nitrogen and oxygen atoms in total. The van der Waals surface area contributed by atoms with Crippen LogP contribution in [0.15, 0.2) is 16.8 Å². The molecule has 0 saturated carbocycles. The van der Waals surface area contributed by atoms with Gasteiger partial charge in [-0.2, -0.15) is 5.10 Å². The minimum absolute atomic E-state index is 0.224. The SMILES string of the molecule is CCCNC(Cc1ncnn1CCC)c1cc(C)oc1C. The predicted molar refractivity (Wildman–Crippen MR) is 83.2 cm³/mol. The zero-order valence-electron chi connectivity index (χ0n) is 13.5. The van der Waals surface area contributed by atoms with E-state index in [2.05, 4.69) is 35.3 Å². The fourth-order valence-corrected chi connectivity index (χ4v) is 2.63. The van der Waals surface area contributed by atoms with E-state index in [1.807, 2.05) is 18.5 Å². The molecule has 116 valence electrons. The van der Waals surface area contributed by atoms with E-state index in [1.165, 1.54) is 5.56 Å². The number of furan rings is 1. The van der Waals surface area contributed by atoms with Crippen LogP contribution >= 0.6 is 0 Å². The van der Waals surface area contributed by atoms with Crippen molar-refractivity contribution in [1.29, 1.82) is 0 Å². The van der Waals surface area contributed by atoms with Crippen LogP contribution in [0.3, 0.4) is 0 Å². The molecule has 0 aliphatic rings. The molecule has 0 aliphatic heterocycles. The van der Waals surface area contributed by atoms with Crippen molar-refractivity contribution in [3.05, 3.63) is 35.3 Å². The van der Waals surface area contributed by atoms with Crippen LogP contribution in [0.2, 0.25) is 0 Å². The Labute approximate surface area is 126 Å². The van der Waals surface area contributed by atoms with Crippen molar-refractivity contribution in [1.82, 2.24) is 20.1 Å². The van der Waals surface area contributed by atoms with Gasteiger partial charge in [0.2, 0.25) is 0 Å². The van der Waals surface area contributed by atoms with Crippen molar-refractivity contribution in [3.63, 3.8) is 0 Å². The number of aromatic nitrogens is 3. The van der Waals surface area contributed by atoms with E-state index in [1.54, 1.807) is 6.33 Å². The molecule has 21 heavy (non-hydrogen) atoms. The third-order valence-electron chi connectivity index (χ3n) is 3.61. The average molecular weight is 290 g/mol. The van der Waals surface area contributed by atoms with Crippen LogP contribution in [0.4, 0.5) is 0 Å². The number of hydrogen-bond donors (Lipinski definition) is 1. The molecule has 0 fully saturated rings. The molecule has 0 amide bonds. The summed E-state index contributed by atoms with van der Waals surface area (Å²) in [6, 6.07) is 2.35. The average Bonchev–Trinajstić information content (AvgIpc) is 3.02. The zero-order chi connectivity index (χ0) is 15.2. The molecule has 0 bridgehead atoms. The maximum atomic E-state index is 5.69. The van der Waals surface area contributed by atoms with Crippen molar-refractivity contribution in [2.45, 2.75) is 59.5 Å². The van der Waals surface area contributed by atoms with Gasteiger partial charge in [0.15, 0.2) is 0 Å². The first-order valence-corrected chi connectivity index (χ1v) is 7.82. The fraction of sp³-hybridized carbons (Fsp3) is 0.625. The molecular formula is C16H26N4O. The quantitative estimate of drug-likeness (QED) is 0.811. The lowest BCUT2D eigenvalue weighted by Gasteiger charge is -2.18. The smallest absolute Gasteiger partial charge is 0.138 e. The van der Waals surface area contributed by atoms with Gasteiger partial charge in [0.05, 0.1) is 0 Å². The maximum absolute atomic E-state index is 5.69. The van der Waals surface area contributed by atoms with Gasteiger partial charge in [-0.15, -0.1) is 0 Å². The summed E-state index contributed by atoms with van der Waals surface area (Å²) in [5, 5.41) is 7.92. The Morgan fingerprint density at radius 1 is 1.29 bits per heavy atom. The highest BCUT2D eigenvalue weighted by atomic mass is 16.3. The summed E-state index contributed by atoms with van der Waals surface area (Å²) in [7, 11) is 0. The lowest BCUT2D eigenvalue weighted by Crippen LogP contribution is -2.25. The van der Waals surface area contributed by atoms with E-state index < -0.39 is 0 Å². The van der Waals surface area contributed by atoms with Crippen molar-refractivity contribution in [3.8, 4) is 0 Å². The molecular weight excluding hydrogens is 264 g/mol. The van der Waals surface area contributed by atoms with Gasteiger partial charge in [0.1, 0.15) is 23.7 Å². The Kier molecular flexibility index (Phi) is 5.56. The second-order valence-corrected chi connectivity index (χ2v) is 5.48. The highest BCUT2D eigenvalue weighted by molar-refractivity contribution is 5.25. The van der Waals surface area contributed by atoms with E-state index in [0.717, 1.165) is 49.7 Å². The number of hydrogen-bond acceptors (Lipinski definition) is 4. The lowest BCUT2D eigenvalue weighted by atomic mass is 10.0. The van der Waals surface area contributed by atoms with Gasteiger partial charge >= 0.3 is 0 Å². The standard InChI is InChI=1S/C16H26N4O/c1-5-7-17-15(14-9-12(3)21-13(14)4)10-16-18-11-19-20(16)8-6-2/h9,11,15,17H,5-8,10H2,1-4H3. The highest BCUT2D eigenvalue weighted by Crippen LogP contribution is 2.24. The van der Waals surface area contributed by atoms with Gasteiger partial charge in [-0.1, -0.05) is 13.8 Å². The Balaban J connectivity index is 2.20. The third-order valence-corrected chi connectivity index (χ3v) is 3.61. The number of nitrogens with zero attached hydrogens (tertiary/aromatic N) is 3. The molecule has 1 unspecified atom stereocenters. The van der Waals surface area contributed by atoms with Gasteiger partial charge in [0, 0.05) is 24.6 Å². The summed E-state index contributed by atoms with van der Waals surface area (Å²) in [6.07, 6.45) is 4.65. The van der Waals surface area contributed by atoms with Gasteiger partial charge in [-0.3, -0.25) is 4.68 Å². The van der Waals surface area contributed by atoms with Gasteiger partial charge in [-0.25, -0.2) is 4.98 Å². The summed E-state index contributed by atoms with van der Waals surface area (Å²) in [4.78, 5) is 4.43. The monoisotopic (exact) mass is 290 g/mol. The summed E-state index contributed by atoms with van der Waals surface area (Å²) in [6.45, 7) is 10.3. The summed E-state index contributed by atoms with van der Waals surface area (Å²) >= 11 is 0. The summed E-state index contributed by atoms with van der Waals surface area (Å²) in [5.74, 6) is 2.98. The number of aryl methyl sites for hydroxylation is 3. The first-order chi connectivity index (χ1) is 10.2. The maximum Gasteiger partial charge on any atom is 0.138 e. The molecule has 0 radical (unpaired) electrons. The molecule has 0 saturated heterocycles. The molecule has 2 heterocycles. The zero-order valence-corrected chi connectivity index (χ0v) is 13.5. The van der Waals surface area contributed by atoms with E-state index in [4.69, 9.17) is 4.42 Å². The van der Waals surface area contributed by atoms with E-state index >= 15 is 0 Å². The van der Waals surface area contributed by atoms with Crippen LogP contribution in [-0.4, -0.2) is 21.3 Å². The van der Waals surface area contributed by atoms with E-state index in [9.17, 15) is 0 Å². The van der Waals surface area contributed by atoms with Gasteiger partial charge in [0.25, 0.3) is 0 Å². The number of rotatable bonds is 8. The third kappa shape index (κ3) is 3.94. The van der Waals surface area contributed by atoms with Crippen molar-refractivity contribution < 1.29 is 4.42 Å². The minimum atomic E-state index is 0.224. The van der Waals surface area contributed by atoms with Crippen LogP contribution in [0.1, 0.15) is 55.6 Å². The molecule has 1 atom stereocenters. The molecule has 2 rings (SSSR count). The lowest BCUT2D eigenvalue weighted by molar-refractivity contribution is 0.465. The largest absolute Gasteiger partial charge is 0.466 e. The van der Waals surface area contributed by atoms with E-state index in [0.29, 0.717) is 0 Å². The molecule has 2 aromatic heterocycles. The molecule has 2 aromatic rings. The Morgan fingerprint density at radius 3 is 2.71 bits per heavy atom. The van der Waals surface area contributed by atoms with Gasteiger partial charge < -0.3 is 9.73 Å². The van der Waals surface area contributed by atoms with Crippen LogP contribution < -0.4 is 5.32 Å². The molecule has 0 spiro atoms. The van der Waals surface area contributed by atoms with Crippen LogP contribution in [0.25, 0.3) is 0 Å². The van der Waals surface area contributed by atoms with Crippen LogP contribution in [0, 0.1) is 13.8 Å². The molecule has 0 aromatic carbocycles. The fourth-order valence-electron chi connectivity index (χ4n) is 2.63. The predicted octanol–water partition coefficient (Wildman–Crippen LogP) is 3.18. The first kappa shape index (κ1) is 15.8. The normalized spacial score (nSPS) is 12.8. The second kappa shape index (κ2) is 7.41. The van der Waals surface area contributed by atoms with Crippen molar-refractivity contribution in [2.24, 2.45) is 0 Å². The van der Waals surface area contributed by atoms with Crippen LogP contribution in [0.5, 0.6) is 0 Å². The number of nitrogens with one attached hydrogen (secondary N) is 1. The minimum Gasteiger partial charge on any atom is -0.466 e. The highest BCUT2D eigenvalue weighted by Gasteiger charge is 2.19. The second-order valence-electron chi connectivity index (χ2n) is 5.48. The Bertz CT molecular complexity index is 558. The molecule has 0 aliphatic carbocycles. The Hall–Kier alpha value is -1.62. The van der Waals surface area contributed by atoms with E-state index in [-0.39, 0.29) is 6.04 Å². The van der Waals surface area contributed by atoms with Gasteiger partial charge in [-0.05, 0) is 39.3 Å². The van der Waals surface area contributed by atoms with Crippen molar-refractivity contribution in [2.75, 3.05) is 6.54 Å². The Morgan fingerprint density at radius 2 is 2.10 bits per heavy atom. The summed E-state index contributed by atoms with van der Waals surface area (Å²) < 4.78 is 7.69. The summed E-state index contributed by atoms with van der Waals surface area (Å²) in [5.41, 5.74) is 1.23. The van der Waals surface area contributed by atoms with Crippen LogP contribution in [-0.2, 0) is 13.0 Å². The molecule has 1 N–H and O–H groups in total. The molecule has 5 heteroatoms.